The molecule has 4 aromatic rings. The van der Waals surface area contributed by atoms with Crippen molar-refractivity contribution in [1.82, 2.24) is 19.7 Å². The number of ether oxygens (including phenoxy) is 2. The first kappa shape index (κ1) is 21.5. The number of thioether (sulfide) groups is 1. The third-order valence-electron chi connectivity index (χ3n) is 5.58. The summed E-state index contributed by atoms with van der Waals surface area (Å²) in [6.45, 7) is 4.90. The second kappa shape index (κ2) is 9.27. The maximum atomic E-state index is 13.3. The fourth-order valence-electron chi connectivity index (χ4n) is 3.79. The average Bonchev–Trinajstić information content (AvgIpc) is 3.48. The maximum Gasteiger partial charge on any atom is 0.262 e. The molecule has 33 heavy (non-hydrogen) atoms. The van der Waals surface area contributed by atoms with E-state index < -0.39 is 0 Å². The van der Waals surface area contributed by atoms with Crippen molar-refractivity contribution in [2.45, 2.75) is 50.6 Å². The van der Waals surface area contributed by atoms with Crippen LogP contribution in [0.25, 0.3) is 22.3 Å². The van der Waals surface area contributed by atoms with Crippen molar-refractivity contribution in [3.63, 3.8) is 0 Å². The Balaban J connectivity index is 1.45. The molecule has 0 spiro atoms. The SMILES string of the molecule is CCCCCn1c(SCc2nc(-c3ccccc3C)no2)nc2cc3c(cc2c1=O)OCO3. The van der Waals surface area contributed by atoms with Gasteiger partial charge in [0.1, 0.15) is 0 Å². The summed E-state index contributed by atoms with van der Waals surface area (Å²) in [5, 5.41) is 5.28. The van der Waals surface area contributed by atoms with Gasteiger partial charge in [-0.05, 0) is 25.0 Å². The Morgan fingerprint density at radius 1 is 1.09 bits per heavy atom. The molecule has 0 bridgehead atoms. The van der Waals surface area contributed by atoms with Crippen molar-refractivity contribution >= 4 is 22.7 Å². The Bertz CT molecular complexity index is 1360. The van der Waals surface area contributed by atoms with E-state index >= 15 is 0 Å². The summed E-state index contributed by atoms with van der Waals surface area (Å²) in [6.07, 6.45) is 3.01. The van der Waals surface area contributed by atoms with E-state index in [4.69, 9.17) is 19.0 Å². The largest absolute Gasteiger partial charge is 0.454 e. The first-order chi connectivity index (χ1) is 16.1. The fourth-order valence-corrected chi connectivity index (χ4v) is 4.65. The molecule has 170 valence electrons. The number of aryl methyl sites for hydroxylation is 1. The number of fused-ring (bicyclic) bond motifs is 2. The minimum absolute atomic E-state index is 0.0805. The molecular formula is C24H24N4O4S. The molecule has 5 rings (SSSR count). The van der Waals surface area contributed by atoms with E-state index in [1.165, 1.54) is 11.8 Å². The van der Waals surface area contributed by atoms with Crippen LogP contribution in [0.5, 0.6) is 11.5 Å². The Hall–Kier alpha value is -3.33. The van der Waals surface area contributed by atoms with Gasteiger partial charge in [0.2, 0.25) is 18.5 Å². The van der Waals surface area contributed by atoms with Crippen molar-refractivity contribution in [1.29, 1.82) is 0 Å². The molecule has 0 atom stereocenters. The minimum Gasteiger partial charge on any atom is -0.454 e. The third kappa shape index (κ3) is 4.32. The quantitative estimate of drug-likeness (QED) is 0.205. The van der Waals surface area contributed by atoms with E-state index in [9.17, 15) is 4.79 Å². The van der Waals surface area contributed by atoms with Gasteiger partial charge in [0.05, 0.1) is 16.7 Å². The van der Waals surface area contributed by atoms with Crippen LogP contribution in [0.4, 0.5) is 0 Å². The number of hydrogen-bond donors (Lipinski definition) is 0. The summed E-state index contributed by atoms with van der Waals surface area (Å²) >= 11 is 1.42. The molecule has 0 radical (unpaired) electrons. The fraction of sp³-hybridized carbons (Fsp3) is 0.333. The second-order valence-electron chi connectivity index (χ2n) is 7.90. The monoisotopic (exact) mass is 464 g/mol. The molecule has 0 saturated carbocycles. The lowest BCUT2D eigenvalue weighted by molar-refractivity contribution is 0.174. The highest BCUT2D eigenvalue weighted by Gasteiger charge is 2.20. The van der Waals surface area contributed by atoms with Crippen LogP contribution in [0.2, 0.25) is 0 Å². The van der Waals surface area contributed by atoms with Crippen LogP contribution in [0.3, 0.4) is 0 Å². The topological polar surface area (TPSA) is 92.3 Å². The molecule has 8 nitrogen and oxygen atoms in total. The van der Waals surface area contributed by atoms with Gasteiger partial charge in [0, 0.05) is 18.2 Å². The molecule has 9 heteroatoms. The predicted molar refractivity (Wildman–Crippen MR) is 126 cm³/mol. The van der Waals surface area contributed by atoms with Crippen LogP contribution in [0.15, 0.2) is 50.9 Å². The van der Waals surface area contributed by atoms with E-state index in [2.05, 4.69) is 17.1 Å². The third-order valence-corrected chi connectivity index (χ3v) is 6.54. The summed E-state index contributed by atoms with van der Waals surface area (Å²) in [5.41, 5.74) is 2.53. The van der Waals surface area contributed by atoms with Crippen LogP contribution >= 0.6 is 11.8 Å². The Labute approximate surface area is 194 Å². The van der Waals surface area contributed by atoms with Crippen molar-refractivity contribution in [2.75, 3.05) is 6.79 Å². The van der Waals surface area contributed by atoms with Crippen molar-refractivity contribution in [3.05, 3.63) is 58.2 Å². The molecule has 1 aliphatic heterocycles. The lowest BCUT2D eigenvalue weighted by Gasteiger charge is -2.12. The maximum absolute atomic E-state index is 13.3. The number of rotatable bonds is 8. The van der Waals surface area contributed by atoms with Crippen LogP contribution in [0, 0.1) is 6.92 Å². The lowest BCUT2D eigenvalue weighted by atomic mass is 10.1. The van der Waals surface area contributed by atoms with E-state index in [1.54, 1.807) is 16.7 Å². The molecule has 0 aliphatic carbocycles. The second-order valence-corrected chi connectivity index (χ2v) is 8.84. The molecular weight excluding hydrogens is 440 g/mol. The minimum atomic E-state index is -0.0805. The van der Waals surface area contributed by atoms with Crippen LogP contribution in [0.1, 0.15) is 37.6 Å². The van der Waals surface area contributed by atoms with Crippen LogP contribution in [-0.2, 0) is 12.3 Å². The standard InChI is InChI=1S/C24H24N4O4S/c1-3-4-7-10-28-23(29)17-11-19-20(31-14-30-19)12-18(17)25-24(28)33-13-21-26-22(27-32-21)16-9-6-5-8-15(16)2/h5-6,8-9,11-12H,3-4,7,10,13-14H2,1-2H3. The number of aromatic nitrogens is 4. The highest BCUT2D eigenvalue weighted by atomic mass is 32.2. The van der Waals surface area contributed by atoms with Crippen molar-refractivity contribution in [2.24, 2.45) is 0 Å². The normalized spacial score (nSPS) is 12.5. The zero-order chi connectivity index (χ0) is 22.8. The van der Waals surface area contributed by atoms with Crippen LogP contribution < -0.4 is 15.0 Å². The van der Waals surface area contributed by atoms with Gasteiger partial charge in [-0.2, -0.15) is 4.98 Å². The first-order valence-electron chi connectivity index (χ1n) is 11.0. The van der Waals surface area contributed by atoms with Gasteiger partial charge in [-0.3, -0.25) is 9.36 Å². The summed E-state index contributed by atoms with van der Waals surface area (Å²) in [4.78, 5) is 22.7. The average molecular weight is 465 g/mol. The lowest BCUT2D eigenvalue weighted by Crippen LogP contribution is -2.23. The summed E-state index contributed by atoms with van der Waals surface area (Å²) < 4.78 is 18.1. The highest BCUT2D eigenvalue weighted by Crippen LogP contribution is 2.35. The van der Waals surface area contributed by atoms with Gasteiger partial charge in [-0.25, -0.2) is 4.98 Å². The van der Waals surface area contributed by atoms with E-state index in [-0.39, 0.29) is 12.4 Å². The van der Waals surface area contributed by atoms with Gasteiger partial charge in [0.25, 0.3) is 5.56 Å². The summed E-state index contributed by atoms with van der Waals surface area (Å²) in [6, 6.07) is 11.4. The Kier molecular flexibility index (Phi) is 6.04. The Morgan fingerprint density at radius 2 is 1.91 bits per heavy atom. The van der Waals surface area contributed by atoms with Crippen molar-refractivity contribution < 1.29 is 14.0 Å². The van der Waals surface area contributed by atoms with Gasteiger partial charge < -0.3 is 14.0 Å². The Morgan fingerprint density at radius 3 is 2.73 bits per heavy atom. The highest BCUT2D eigenvalue weighted by molar-refractivity contribution is 7.98. The van der Waals surface area contributed by atoms with E-state index in [1.807, 2.05) is 31.2 Å². The van der Waals surface area contributed by atoms with Crippen molar-refractivity contribution in [3.8, 4) is 22.9 Å². The smallest absolute Gasteiger partial charge is 0.262 e. The number of benzene rings is 2. The molecule has 1 aliphatic rings. The van der Waals surface area contributed by atoms with Gasteiger partial charge in [-0.1, -0.05) is 60.9 Å². The van der Waals surface area contributed by atoms with Crippen LogP contribution in [-0.4, -0.2) is 26.5 Å². The van der Waals surface area contributed by atoms with E-state index in [0.29, 0.717) is 51.6 Å². The number of hydrogen-bond acceptors (Lipinski definition) is 8. The molecule has 2 aromatic carbocycles. The summed E-state index contributed by atoms with van der Waals surface area (Å²) in [5.74, 6) is 2.64. The number of unbranched alkanes of at least 4 members (excludes halogenated alkanes) is 2. The molecule has 0 fully saturated rings. The van der Waals surface area contributed by atoms with Gasteiger partial charge in [0.15, 0.2) is 16.7 Å². The van der Waals surface area contributed by atoms with Gasteiger partial charge >= 0.3 is 0 Å². The number of nitrogens with zero attached hydrogens (tertiary/aromatic N) is 4. The molecule has 0 N–H and O–H groups in total. The zero-order valence-corrected chi connectivity index (χ0v) is 19.4. The molecule has 0 amide bonds. The molecule has 0 unspecified atom stereocenters. The first-order valence-corrected chi connectivity index (χ1v) is 12.0. The zero-order valence-electron chi connectivity index (χ0n) is 18.5. The molecule has 2 aromatic heterocycles. The molecule has 3 heterocycles. The predicted octanol–water partition coefficient (Wildman–Crippen LogP) is 4.97. The summed E-state index contributed by atoms with van der Waals surface area (Å²) in [7, 11) is 0. The van der Waals surface area contributed by atoms with E-state index in [0.717, 1.165) is 30.4 Å². The van der Waals surface area contributed by atoms with Gasteiger partial charge in [-0.15, -0.1) is 0 Å². The molecule has 0 saturated heterocycles.